The summed E-state index contributed by atoms with van der Waals surface area (Å²) in [6.07, 6.45) is 4.81. The topological polar surface area (TPSA) is 93.1 Å². The zero-order valence-electron chi connectivity index (χ0n) is 8.81. The standard InChI is InChI=1S/C9H14N4O3/c14-13(15)9-8(6-11-12-9)10-5-7-3-1-2-4-16-7/h6-7,10H,1-5H2,(H,11,12). The van der Waals surface area contributed by atoms with Crippen molar-refractivity contribution in [3.8, 4) is 0 Å². The molecule has 7 nitrogen and oxygen atoms in total. The summed E-state index contributed by atoms with van der Waals surface area (Å²) < 4.78 is 5.51. The van der Waals surface area contributed by atoms with Gasteiger partial charge < -0.3 is 20.2 Å². The third-order valence-electron chi connectivity index (χ3n) is 2.60. The molecule has 0 saturated carbocycles. The first kappa shape index (κ1) is 10.9. The van der Waals surface area contributed by atoms with Crippen LogP contribution in [0.4, 0.5) is 11.5 Å². The van der Waals surface area contributed by atoms with E-state index < -0.39 is 4.92 Å². The summed E-state index contributed by atoms with van der Waals surface area (Å²) in [6.45, 7) is 1.36. The molecule has 7 heteroatoms. The minimum atomic E-state index is -0.489. The van der Waals surface area contributed by atoms with Crippen LogP contribution in [0, 0.1) is 10.1 Å². The van der Waals surface area contributed by atoms with E-state index >= 15 is 0 Å². The Hall–Kier alpha value is -1.63. The molecule has 0 radical (unpaired) electrons. The second-order valence-electron chi connectivity index (χ2n) is 3.76. The molecule has 16 heavy (non-hydrogen) atoms. The van der Waals surface area contributed by atoms with Gasteiger partial charge in [0, 0.05) is 13.2 Å². The van der Waals surface area contributed by atoms with Crippen LogP contribution >= 0.6 is 0 Å². The first-order valence-corrected chi connectivity index (χ1v) is 5.30. The minimum absolute atomic E-state index is 0.101. The molecule has 1 aromatic heterocycles. The van der Waals surface area contributed by atoms with Crippen molar-refractivity contribution in [3.05, 3.63) is 16.3 Å². The number of nitrogens with one attached hydrogen (secondary N) is 2. The van der Waals surface area contributed by atoms with Crippen molar-refractivity contribution >= 4 is 11.5 Å². The lowest BCUT2D eigenvalue weighted by molar-refractivity contribution is -0.388. The van der Waals surface area contributed by atoms with E-state index in [-0.39, 0.29) is 11.9 Å². The molecule has 1 atom stereocenters. The van der Waals surface area contributed by atoms with Gasteiger partial charge in [-0.25, -0.2) is 0 Å². The van der Waals surface area contributed by atoms with E-state index in [1.807, 2.05) is 0 Å². The lowest BCUT2D eigenvalue weighted by Crippen LogP contribution is -2.27. The van der Waals surface area contributed by atoms with E-state index in [0.29, 0.717) is 12.2 Å². The van der Waals surface area contributed by atoms with E-state index in [1.165, 1.54) is 6.20 Å². The Bertz CT molecular complexity index is 359. The highest BCUT2D eigenvalue weighted by Gasteiger charge is 2.18. The Kier molecular flexibility index (Phi) is 3.35. The fraction of sp³-hybridized carbons (Fsp3) is 0.667. The SMILES string of the molecule is O=[N+]([O-])c1[nH]ncc1NCC1CCCCO1. The minimum Gasteiger partial charge on any atom is -0.376 e. The van der Waals surface area contributed by atoms with Gasteiger partial charge in [0.25, 0.3) is 0 Å². The van der Waals surface area contributed by atoms with Gasteiger partial charge in [0.2, 0.25) is 0 Å². The third kappa shape index (κ3) is 2.48. The molecule has 88 valence electrons. The number of aromatic amines is 1. The fourth-order valence-corrected chi connectivity index (χ4v) is 1.74. The summed E-state index contributed by atoms with van der Waals surface area (Å²) >= 11 is 0. The number of hydrogen-bond donors (Lipinski definition) is 2. The van der Waals surface area contributed by atoms with Crippen LogP contribution in [0.25, 0.3) is 0 Å². The predicted molar refractivity (Wildman–Crippen MR) is 57.3 cm³/mol. The van der Waals surface area contributed by atoms with Crippen molar-refractivity contribution in [2.24, 2.45) is 0 Å². The maximum Gasteiger partial charge on any atom is 0.366 e. The smallest absolute Gasteiger partial charge is 0.366 e. The lowest BCUT2D eigenvalue weighted by Gasteiger charge is -2.22. The van der Waals surface area contributed by atoms with Crippen LogP contribution in [-0.4, -0.2) is 34.4 Å². The Morgan fingerprint density at radius 1 is 1.69 bits per heavy atom. The van der Waals surface area contributed by atoms with Gasteiger partial charge in [-0.3, -0.25) is 0 Å². The summed E-state index contributed by atoms with van der Waals surface area (Å²) in [6, 6.07) is 0. The molecule has 0 aromatic carbocycles. The van der Waals surface area contributed by atoms with Gasteiger partial charge in [-0.1, -0.05) is 5.10 Å². The van der Waals surface area contributed by atoms with Crippen molar-refractivity contribution < 1.29 is 9.66 Å². The molecule has 1 unspecified atom stereocenters. The van der Waals surface area contributed by atoms with Crippen LogP contribution in [-0.2, 0) is 4.74 Å². The van der Waals surface area contributed by atoms with Crippen molar-refractivity contribution in [2.75, 3.05) is 18.5 Å². The number of hydrogen-bond acceptors (Lipinski definition) is 5. The third-order valence-corrected chi connectivity index (χ3v) is 2.60. The van der Waals surface area contributed by atoms with Gasteiger partial charge in [0.1, 0.15) is 6.20 Å². The molecular weight excluding hydrogens is 212 g/mol. The van der Waals surface area contributed by atoms with Crippen LogP contribution in [0.2, 0.25) is 0 Å². The highest BCUT2D eigenvalue weighted by Crippen LogP contribution is 2.20. The van der Waals surface area contributed by atoms with Crippen molar-refractivity contribution in [1.82, 2.24) is 10.2 Å². The van der Waals surface area contributed by atoms with E-state index in [0.717, 1.165) is 25.9 Å². The molecule has 0 aliphatic carbocycles. The van der Waals surface area contributed by atoms with Crippen molar-refractivity contribution in [1.29, 1.82) is 0 Å². The van der Waals surface area contributed by atoms with Gasteiger partial charge in [-0.05, 0) is 24.2 Å². The van der Waals surface area contributed by atoms with Gasteiger partial charge in [-0.15, -0.1) is 5.10 Å². The predicted octanol–water partition coefficient (Wildman–Crippen LogP) is 1.30. The first-order valence-electron chi connectivity index (χ1n) is 5.30. The molecule has 0 amide bonds. The number of H-pyrrole nitrogens is 1. The molecule has 0 bridgehead atoms. The molecule has 1 aliphatic heterocycles. The Balaban J connectivity index is 1.88. The van der Waals surface area contributed by atoms with Gasteiger partial charge in [0.05, 0.1) is 6.10 Å². The monoisotopic (exact) mass is 226 g/mol. The summed E-state index contributed by atoms with van der Waals surface area (Å²) in [7, 11) is 0. The summed E-state index contributed by atoms with van der Waals surface area (Å²) in [4.78, 5) is 10.1. The number of aromatic nitrogens is 2. The molecule has 0 spiro atoms. The quantitative estimate of drug-likeness (QED) is 0.596. The molecule has 1 fully saturated rings. The summed E-state index contributed by atoms with van der Waals surface area (Å²) in [5.41, 5.74) is 0.416. The van der Waals surface area contributed by atoms with Crippen LogP contribution in [0.1, 0.15) is 19.3 Å². The highest BCUT2D eigenvalue weighted by molar-refractivity contribution is 5.55. The van der Waals surface area contributed by atoms with Crippen LogP contribution < -0.4 is 5.32 Å². The Morgan fingerprint density at radius 3 is 3.25 bits per heavy atom. The highest BCUT2D eigenvalue weighted by atomic mass is 16.6. The van der Waals surface area contributed by atoms with Crippen LogP contribution in [0.15, 0.2) is 6.20 Å². The number of rotatable bonds is 4. The summed E-state index contributed by atoms with van der Waals surface area (Å²) in [5.74, 6) is -0.101. The number of ether oxygens (including phenoxy) is 1. The molecule has 2 heterocycles. The van der Waals surface area contributed by atoms with E-state index in [1.54, 1.807) is 0 Å². The van der Waals surface area contributed by atoms with Gasteiger partial charge >= 0.3 is 5.82 Å². The molecule has 1 aromatic rings. The molecule has 2 N–H and O–H groups in total. The first-order chi connectivity index (χ1) is 7.77. The van der Waals surface area contributed by atoms with Gasteiger partial charge in [-0.2, -0.15) is 0 Å². The Labute approximate surface area is 92.3 Å². The van der Waals surface area contributed by atoms with Gasteiger partial charge in [0.15, 0.2) is 5.69 Å². The largest absolute Gasteiger partial charge is 0.376 e. The lowest BCUT2D eigenvalue weighted by atomic mass is 10.1. The van der Waals surface area contributed by atoms with Crippen LogP contribution in [0.5, 0.6) is 0 Å². The van der Waals surface area contributed by atoms with E-state index in [4.69, 9.17) is 4.74 Å². The van der Waals surface area contributed by atoms with Crippen molar-refractivity contribution in [3.63, 3.8) is 0 Å². The molecule has 1 aliphatic rings. The number of nitro groups is 1. The number of nitrogens with zero attached hydrogens (tertiary/aromatic N) is 2. The maximum atomic E-state index is 10.6. The van der Waals surface area contributed by atoms with E-state index in [9.17, 15) is 10.1 Å². The van der Waals surface area contributed by atoms with E-state index in [2.05, 4.69) is 15.5 Å². The zero-order chi connectivity index (χ0) is 11.4. The fourth-order valence-electron chi connectivity index (χ4n) is 1.74. The molecule has 1 saturated heterocycles. The van der Waals surface area contributed by atoms with Crippen molar-refractivity contribution in [2.45, 2.75) is 25.4 Å². The Morgan fingerprint density at radius 2 is 2.56 bits per heavy atom. The normalized spacial score (nSPS) is 20.6. The molecular formula is C9H14N4O3. The van der Waals surface area contributed by atoms with Crippen LogP contribution in [0.3, 0.4) is 0 Å². The number of anilines is 1. The average Bonchev–Trinajstić information content (AvgIpc) is 2.76. The average molecular weight is 226 g/mol. The summed E-state index contributed by atoms with van der Waals surface area (Å²) in [5, 5.41) is 19.6. The maximum absolute atomic E-state index is 10.6. The molecule has 2 rings (SSSR count). The second-order valence-corrected chi connectivity index (χ2v) is 3.76. The zero-order valence-corrected chi connectivity index (χ0v) is 8.81. The second kappa shape index (κ2) is 4.93.